The Hall–Kier alpha value is -3.73. The number of carbonyl (C=O) groups excluding carboxylic acids is 1. The molecule has 154 valence electrons. The molecule has 0 saturated heterocycles. The third-order valence-corrected chi connectivity index (χ3v) is 5.12. The van der Waals surface area contributed by atoms with E-state index < -0.39 is 11.6 Å². The molecular formula is C25H24O5. The molecule has 3 N–H and O–H groups in total. The van der Waals surface area contributed by atoms with Crippen molar-refractivity contribution < 1.29 is 24.9 Å². The van der Waals surface area contributed by atoms with E-state index in [1.54, 1.807) is 43.3 Å². The van der Waals surface area contributed by atoms with Crippen molar-refractivity contribution in [3.05, 3.63) is 101 Å². The van der Waals surface area contributed by atoms with E-state index in [4.69, 9.17) is 4.74 Å². The highest BCUT2D eigenvalue weighted by molar-refractivity contribution is 5.89. The Bertz CT molecular complexity index is 947. The van der Waals surface area contributed by atoms with Gasteiger partial charge in [-0.2, -0.15) is 0 Å². The molecule has 0 saturated carbocycles. The van der Waals surface area contributed by atoms with Crippen molar-refractivity contribution >= 4 is 5.97 Å². The molecule has 0 radical (unpaired) electrons. The zero-order chi connectivity index (χ0) is 21.9. The second-order valence-corrected chi connectivity index (χ2v) is 7.34. The number of hydrogen-bond donors (Lipinski definition) is 3. The van der Waals surface area contributed by atoms with Gasteiger partial charge in [-0.15, -0.1) is 0 Å². The van der Waals surface area contributed by atoms with Crippen LogP contribution in [-0.2, 0) is 15.1 Å². The minimum absolute atomic E-state index is 0.0795. The smallest absolute Gasteiger partial charge is 0.335 e. The minimum atomic E-state index is -1.37. The van der Waals surface area contributed by atoms with Crippen LogP contribution in [0.3, 0.4) is 0 Å². The van der Waals surface area contributed by atoms with Gasteiger partial charge in [-0.1, -0.05) is 42.0 Å². The van der Waals surface area contributed by atoms with Crippen molar-refractivity contribution in [2.45, 2.75) is 26.4 Å². The number of aromatic hydroxyl groups is 3. The summed E-state index contributed by atoms with van der Waals surface area (Å²) < 4.78 is 6.20. The highest BCUT2D eigenvalue weighted by Crippen LogP contribution is 2.42. The summed E-state index contributed by atoms with van der Waals surface area (Å²) in [6.45, 7) is 5.37. The van der Waals surface area contributed by atoms with Crippen LogP contribution in [0.25, 0.3) is 0 Å². The van der Waals surface area contributed by atoms with Gasteiger partial charge in [0.25, 0.3) is 0 Å². The molecule has 3 rings (SSSR count). The summed E-state index contributed by atoms with van der Waals surface area (Å²) in [6.07, 6.45) is 0. The lowest BCUT2D eigenvalue weighted by Gasteiger charge is -2.35. The summed E-state index contributed by atoms with van der Waals surface area (Å²) in [6, 6.07) is 19.2. The van der Waals surface area contributed by atoms with Crippen LogP contribution < -0.4 is 0 Å². The maximum Gasteiger partial charge on any atom is 0.335 e. The molecule has 0 aliphatic heterocycles. The monoisotopic (exact) mass is 404 g/mol. The third-order valence-electron chi connectivity index (χ3n) is 5.12. The molecule has 3 aromatic carbocycles. The first kappa shape index (κ1) is 21.0. The van der Waals surface area contributed by atoms with Crippen LogP contribution >= 0.6 is 0 Å². The molecule has 0 unspecified atom stereocenters. The summed E-state index contributed by atoms with van der Waals surface area (Å²) in [5.41, 5.74) is 1.75. The van der Waals surface area contributed by atoms with E-state index in [9.17, 15) is 20.1 Å². The number of allylic oxidation sites excluding steroid dienone is 1. The highest BCUT2D eigenvalue weighted by atomic mass is 16.6. The molecular weight excluding hydrogens is 380 g/mol. The fraction of sp³-hybridized carbons (Fsp3) is 0.160. The van der Waals surface area contributed by atoms with Crippen LogP contribution in [0.4, 0.5) is 0 Å². The fourth-order valence-electron chi connectivity index (χ4n) is 3.18. The molecule has 0 aliphatic rings. The number of ether oxygens (including phenoxy) is 1. The maximum absolute atomic E-state index is 13.1. The lowest BCUT2D eigenvalue weighted by atomic mass is 9.79. The van der Waals surface area contributed by atoms with E-state index in [1.165, 1.54) is 36.4 Å². The van der Waals surface area contributed by atoms with Crippen LogP contribution in [0.5, 0.6) is 17.2 Å². The number of rotatable bonds is 5. The molecule has 0 spiro atoms. The second-order valence-electron chi connectivity index (χ2n) is 7.34. The van der Waals surface area contributed by atoms with Crippen molar-refractivity contribution in [1.82, 2.24) is 0 Å². The van der Waals surface area contributed by atoms with Crippen LogP contribution in [0, 0.1) is 0 Å². The predicted molar refractivity (Wildman–Crippen MR) is 114 cm³/mol. The van der Waals surface area contributed by atoms with E-state index in [0.29, 0.717) is 22.3 Å². The molecule has 5 nitrogen and oxygen atoms in total. The topological polar surface area (TPSA) is 87.0 Å². The number of phenolic OH excluding ortho intramolecular Hbond substituents is 3. The largest absolute Gasteiger partial charge is 0.508 e. The summed E-state index contributed by atoms with van der Waals surface area (Å²) in [4.78, 5) is 13.1. The molecule has 0 fully saturated rings. The van der Waals surface area contributed by atoms with Crippen LogP contribution in [0.2, 0.25) is 0 Å². The van der Waals surface area contributed by atoms with Crippen molar-refractivity contribution in [3.8, 4) is 17.2 Å². The highest BCUT2D eigenvalue weighted by Gasteiger charge is 2.41. The van der Waals surface area contributed by atoms with E-state index in [-0.39, 0.29) is 17.2 Å². The molecule has 5 heteroatoms. The van der Waals surface area contributed by atoms with Crippen LogP contribution in [0.1, 0.15) is 37.5 Å². The number of hydrogen-bond acceptors (Lipinski definition) is 5. The Morgan fingerprint density at radius 2 is 0.933 bits per heavy atom. The van der Waals surface area contributed by atoms with Crippen LogP contribution in [-0.4, -0.2) is 21.3 Å². The van der Waals surface area contributed by atoms with Gasteiger partial charge in [0, 0.05) is 22.3 Å². The molecule has 0 aliphatic carbocycles. The third kappa shape index (κ3) is 4.01. The minimum Gasteiger partial charge on any atom is -0.508 e. The van der Waals surface area contributed by atoms with Gasteiger partial charge in [0.1, 0.15) is 17.2 Å². The maximum atomic E-state index is 13.1. The normalized spacial score (nSPS) is 11.0. The van der Waals surface area contributed by atoms with E-state index >= 15 is 0 Å². The lowest BCUT2D eigenvalue weighted by molar-refractivity contribution is -0.148. The predicted octanol–water partition coefficient (Wildman–Crippen LogP) is 4.99. The van der Waals surface area contributed by atoms with Crippen molar-refractivity contribution in [3.63, 3.8) is 0 Å². The van der Waals surface area contributed by atoms with Gasteiger partial charge in [-0.25, -0.2) is 4.79 Å². The molecule has 0 heterocycles. The molecule has 30 heavy (non-hydrogen) atoms. The van der Waals surface area contributed by atoms with E-state index in [0.717, 1.165) is 5.57 Å². The quantitative estimate of drug-likeness (QED) is 0.317. The van der Waals surface area contributed by atoms with Crippen molar-refractivity contribution in [2.24, 2.45) is 0 Å². The number of carbonyl (C=O) groups is 1. The summed E-state index contributed by atoms with van der Waals surface area (Å²) in [5.74, 6) is -0.258. The Labute approximate surface area is 175 Å². The van der Waals surface area contributed by atoms with Gasteiger partial charge in [-0.05, 0) is 57.2 Å². The van der Waals surface area contributed by atoms with Gasteiger partial charge < -0.3 is 20.1 Å². The number of esters is 1. The Balaban J connectivity index is 2.33. The average molecular weight is 404 g/mol. The molecule has 0 aromatic heterocycles. The van der Waals surface area contributed by atoms with E-state index in [1.807, 2.05) is 13.8 Å². The van der Waals surface area contributed by atoms with Gasteiger partial charge in [0.05, 0.1) is 0 Å². The Kier molecular flexibility index (Phi) is 5.83. The number of phenols is 3. The zero-order valence-corrected chi connectivity index (χ0v) is 17.1. The molecule has 0 amide bonds. The molecule has 0 bridgehead atoms. The van der Waals surface area contributed by atoms with Crippen molar-refractivity contribution in [1.29, 1.82) is 0 Å². The first-order valence-electron chi connectivity index (χ1n) is 9.50. The SMILES string of the molecule is CC(C)=C(C)C(=O)OC(c1ccc(O)cc1)(c1ccc(O)cc1)c1ccc(O)cc1. The van der Waals surface area contributed by atoms with Gasteiger partial charge in [0.15, 0.2) is 5.60 Å². The summed E-state index contributed by atoms with van der Waals surface area (Å²) >= 11 is 0. The van der Waals surface area contributed by atoms with Gasteiger partial charge >= 0.3 is 5.97 Å². The van der Waals surface area contributed by atoms with Crippen LogP contribution in [0.15, 0.2) is 83.9 Å². The van der Waals surface area contributed by atoms with Gasteiger partial charge in [-0.3, -0.25) is 0 Å². The fourth-order valence-corrected chi connectivity index (χ4v) is 3.18. The lowest BCUT2D eigenvalue weighted by Crippen LogP contribution is -2.35. The average Bonchev–Trinajstić information content (AvgIpc) is 2.73. The zero-order valence-electron chi connectivity index (χ0n) is 17.1. The standard InChI is InChI=1S/C25H24O5/c1-16(2)17(3)24(29)30-25(18-4-10-21(26)11-5-18,19-6-12-22(27)13-7-19)20-8-14-23(28)15-9-20/h4-15,26-28H,1-3H3. The molecule has 3 aromatic rings. The summed E-state index contributed by atoms with van der Waals surface area (Å²) in [5, 5.41) is 29.4. The van der Waals surface area contributed by atoms with Crippen molar-refractivity contribution in [2.75, 3.05) is 0 Å². The first-order valence-corrected chi connectivity index (χ1v) is 9.50. The second kappa shape index (κ2) is 8.33. The Morgan fingerprint density at radius 3 is 1.20 bits per heavy atom. The number of benzene rings is 3. The summed E-state index contributed by atoms with van der Waals surface area (Å²) in [7, 11) is 0. The molecule has 0 atom stereocenters. The van der Waals surface area contributed by atoms with Gasteiger partial charge in [0.2, 0.25) is 0 Å². The Morgan fingerprint density at radius 1 is 0.633 bits per heavy atom. The first-order chi connectivity index (χ1) is 14.2. The van der Waals surface area contributed by atoms with E-state index in [2.05, 4.69) is 0 Å².